The average Bonchev–Trinajstić information content (AvgIpc) is 2.56. The fourth-order valence-corrected chi connectivity index (χ4v) is 2.13. The van der Waals surface area contributed by atoms with Crippen LogP contribution in [0.15, 0.2) is 67.3 Å². The highest BCUT2D eigenvalue weighted by atomic mass is 15.1. The number of nitrogens with zero attached hydrogens (tertiary/aromatic N) is 4. The maximum atomic E-state index is 4.23. The summed E-state index contributed by atoms with van der Waals surface area (Å²) in [4.78, 5) is 10.6. The summed E-state index contributed by atoms with van der Waals surface area (Å²) >= 11 is 0. The highest BCUT2D eigenvalue weighted by molar-refractivity contribution is 5.65. The topological polar surface area (TPSA) is 32.9 Å². The molecule has 0 amide bonds. The zero-order valence-electron chi connectivity index (χ0n) is 12.1. The van der Waals surface area contributed by atoms with Crippen LogP contribution in [0.5, 0.6) is 0 Å². The van der Waals surface area contributed by atoms with E-state index >= 15 is 0 Å². The molecular formula is C17H17N4+. The first-order valence-electron chi connectivity index (χ1n) is 6.80. The fraction of sp³-hybridized carbons (Fsp3) is 0.118. The summed E-state index contributed by atoms with van der Waals surface area (Å²) in [5, 5.41) is 0. The predicted molar refractivity (Wildman–Crippen MR) is 83.3 cm³/mol. The molecule has 0 aliphatic rings. The van der Waals surface area contributed by atoms with Crippen molar-refractivity contribution in [1.29, 1.82) is 0 Å². The molecule has 0 radical (unpaired) electrons. The van der Waals surface area contributed by atoms with Crippen LogP contribution in [0.25, 0.3) is 17.1 Å². The van der Waals surface area contributed by atoms with Crippen molar-refractivity contribution in [2.75, 3.05) is 19.0 Å². The number of hydrogen-bond acceptors (Lipinski definition) is 3. The van der Waals surface area contributed by atoms with Crippen molar-refractivity contribution in [2.24, 2.45) is 0 Å². The van der Waals surface area contributed by atoms with Gasteiger partial charge in [0.25, 0.3) is 0 Å². The molecule has 3 rings (SSSR count). The first kappa shape index (κ1) is 13.2. The van der Waals surface area contributed by atoms with Gasteiger partial charge in [-0.1, -0.05) is 22.1 Å². The molecule has 0 fully saturated rings. The molecule has 0 atom stereocenters. The highest BCUT2D eigenvalue weighted by Crippen LogP contribution is 2.21. The maximum absolute atomic E-state index is 4.23. The molecule has 21 heavy (non-hydrogen) atoms. The molecule has 0 aliphatic heterocycles. The second-order valence-electron chi connectivity index (χ2n) is 4.98. The summed E-state index contributed by atoms with van der Waals surface area (Å²) in [5.41, 5.74) is 3.57. The third kappa shape index (κ3) is 2.89. The van der Waals surface area contributed by atoms with E-state index in [4.69, 9.17) is 0 Å². The second-order valence-corrected chi connectivity index (χ2v) is 4.98. The van der Waals surface area contributed by atoms with Gasteiger partial charge in [0.05, 0.1) is 12.4 Å². The van der Waals surface area contributed by atoms with Crippen molar-refractivity contribution >= 4 is 5.69 Å². The summed E-state index contributed by atoms with van der Waals surface area (Å²) in [5.74, 6) is 0.673. The Morgan fingerprint density at radius 2 is 1.38 bits per heavy atom. The summed E-state index contributed by atoms with van der Waals surface area (Å²) in [6.45, 7) is 0. The largest absolute Gasteiger partial charge is 0.437 e. The summed E-state index contributed by atoms with van der Waals surface area (Å²) in [7, 11) is 4.08. The third-order valence-corrected chi connectivity index (χ3v) is 3.33. The lowest BCUT2D eigenvalue weighted by Crippen LogP contribution is -2.31. The molecule has 1 aromatic carbocycles. The van der Waals surface area contributed by atoms with E-state index in [9.17, 15) is 0 Å². The van der Waals surface area contributed by atoms with E-state index in [0.717, 1.165) is 0 Å². The minimum atomic E-state index is 0.673. The summed E-state index contributed by atoms with van der Waals surface area (Å²) in [6, 6.07) is 14.5. The Morgan fingerprint density at radius 3 is 1.95 bits per heavy atom. The van der Waals surface area contributed by atoms with Gasteiger partial charge in [-0.05, 0) is 35.4 Å². The van der Waals surface area contributed by atoms with E-state index in [2.05, 4.69) is 51.3 Å². The van der Waals surface area contributed by atoms with E-state index in [1.165, 1.54) is 16.8 Å². The normalized spacial score (nSPS) is 10.4. The minimum Gasteiger partial charge on any atom is -0.378 e. The van der Waals surface area contributed by atoms with Gasteiger partial charge in [-0.3, -0.25) is 0 Å². The fourth-order valence-electron chi connectivity index (χ4n) is 2.13. The first-order valence-corrected chi connectivity index (χ1v) is 6.80. The lowest BCUT2D eigenvalue weighted by molar-refractivity contribution is -0.603. The van der Waals surface area contributed by atoms with Crippen LogP contribution in [0.4, 0.5) is 5.69 Å². The Balaban J connectivity index is 1.87. The molecular weight excluding hydrogens is 260 g/mol. The van der Waals surface area contributed by atoms with Crippen LogP contribution in [0.1, 0.15) is 0 Å². The number of anilines is 1. The van der Waals surface area contributed by atoms with E-state index in [1.54, 1.807) is 12.4 Å². The van der Waals surface area contributed by atoms with Gasteiger partial charge in [-0.2, -0.15) is 0 Å². The van der Waals surface area contributed by atoms with Crippen molar-refractivity contribution < 1.29 is 4.57 Å². The monoisotopic (exact) mass is 277 g/mol. The van der Waals surface area contributed by atoms with Crippen LogP contribution in [-0.4, -0.2) is 24.1 Å². The zero-order chi connectivity index (χ0) is 14.7. The first-order chi connectivity index (χ1) is 10.2. The Morgan fingerprint density at radius 1 is 0.810 bits per heavy atom. The van der Waals surface area contributed by atoms with Gasteiger partial charge in [-0.25, -0.2) is 4.57 Å². The molecule has 4 nitrogen and oxygen atoms in total. The van der Waals surface area contributed by atoms with Crippen LogP contribution in [0.2, 0.25) is 0 Å². The van der Waals surface area contributed by atoms with Crippen molar-refractivity contribution in [2.45, 2.75) is 0 Å². The van der Waals surface area contributed by atoms with E-state index in [1.807, 2.05) is 37.1 Å². The highest BCUT2D eigenvalue weighted by Gasteiger charge is 2.07. The molecule has 2 aromatic heterocycles. The van der Waals surface area contributed by atoms with Crippen LogP contribution in [0, 0.1) is 0 Å². The van der Waals surface area contributed by atoms with Crippen molar-refractivity contribution in [3.63, 3.8) is 0 Å². The molecule has 0 saturated heterocycles. The van der Waals surface area contributed by atoms with E-state index in [0.29, 0.717) is 5.95 Å². The standard InChI is InChI=1S/C17H17N4/c1-20(2)16-6-4-14(5-7-16)15-8-12-21(13-9-15)17-18-10-3-11-19-17/h3-13H,1-2H3/q+1. The number of benzene rings is 1. The Bertz CT molecular complexity index is 704. The van der Waals surface area contributed by atoms with Gasteiger partial charge in [0.2, 0.25) is 0 Å². The predicted octanol–water partition coefficient (Wildman–Crippen LogP) is 2.49. The molecule has 0 aliphatic carbocycles. The smallest absolute Gasteiger partial charge is 0.378 e. The van der Waals surface area contributed by atoms with Gasteiger partial charge in [0.1, 0.15) is 12.4 Å². The minimum absolute atomic E-state index is 0.673. The summed E-state index contributed by atoms with van der Waals surface area (Å²) in [6.07, 6.45) is 7.43. The van der Waals surface area contributed by atoms with Crippen LogP contribution < -0.4 is 9.47 Å². The molecule has 0 unspecified atom stereocenters. The molecule has 3 aromatic rings. The molecule has 0 saturated carbocycles. The number of aromatic nitrogens is 3. The molecule has 0 spiro atoms. The van der Waals surface area contributed by atoms with E-state index in [-0.39, 0.29) is 0 Å². The zero-order valence-corrected chi connectivity index (χ0v) is 12.1. The van der Waals surface area contributed by atoms with Gasteiger partial charge in [0, 0.05) is 25.8 Å². The quantitative estimate of drug-likeness (QED) is 0.690. The van der Waals surface area contributed by atoms with Crippen LogP contribution in [-0.2, 0) is 0 Å². The second kappa shape index (κ2) is 5.71. The SMILES string of the molecule is CN(C)c1ccc(-c2cc[n+](-c3ncccn3)cc2)cc1. The number of hydrogen-bond donors (Lipinski definition) is 0. The van der Waals surface area contributed by atoms with Crippen LogP contribution in [0.3, 0.4) is 0 Å². The van der Waals surface area contributed by atoms with Gasteiger partial charge < -0.3 is 4.90 Å². The van der Waals surface area contributed by atoms with Crippen molar-refractivity contribution in [3.8, 4) is 17.1 Å². The van der Waals surface area contributed by atoms with Crippen molar-refractivity contribution in [1.82, 2.24) is 9.97 Å². The van der Waals surface area contributed by atoms with E-state index < -0.39 is 0 Å². The van der Waals surface area contributed by atoms with Gasteiger partial charge in [-0.15, -0.1) is 0 Å². The molecule has 0 bridgehead atoms. The Kier molecular flexibility index (Phi) is 3.60. The lowest BCUT2D eigenvalue weighted by atomic mass is 10.1. The van der Waals surface area contributed by atoms with Crippen LogP contribution >= 0.6 is 0 Å². The lowest BCUT2D eigenvalue weighted by Gasteiger charge is -2.12. The Labute approximate surface area is 124 Å². The number of rotatable bonds is 3. The number of pyridine rings is 1. The molecule has 0 N–H and O–H groups in total. The molecule has 2 heterocycles. The Hall–Kier alpha value is -2.75. The maximum Gasteiger partial charge on any atom is 0.437 e. The third-order valence-electron chi connectivity index (χ3n) is 3.33. The average molecular weight is 277 g/mol. The van der Waals surface area contributed by atoms with Gasteiger partial charge >= 0.3 is 5.95 Å². The van der Waals surface area contributed by atoms with Gasteiger partial charge in [0.15, 0.2) is 0 Å². The molecule has 104 valence electrons. The van der Waals surface area contributed by atoms with Crippen molar-refractivity contribution in [3.05, 3.63) is 67.3 Å². The molecule has 4 heteroatoms. The summed E-state index contributed by atoms with van der Waals surface area (Å²) < 4.78 is 1.90.